The number of alkyl halides is 1. The Bertz CT molecular complexity index is 308. The first kappa shape index (κ1) is 11.2. The fraction of sp³-hybridized carbons (Fsp3) is 0.400. The van der Waals surface area contributed by atoms with Gasteiger partial charge >= 0.3 is 0 Å². The molecule has 3 nitrogen and oxygen atoms in total. The Morgan fingerprint density at radius 3 is 2.86 bits per heavy atom. The number of halogens is 1. The van der Waals surface area contributed by atoms with Gasteiger partial charge in [0.2, 0.25) is 5.91 Å². The van der Waals surface area contributed by atoms with Gasteiger partial charge in [-0.15, -0.1) is 0 Å². The minimum atomic E-state index is -0.152. The van der Waals surface area contributed by atoms with Crippen molar-refractivity contribution in [2.75, 3.05) is 0 Å². The van der Waals surface area contributed by atoms with Crippen LogP contribution in [0.4, 0.5) is 0 Å². The Hall–Kier alpha value is -0.900. The first-order chi connectivity index (χ1) is 6.59. The van der Waals surface area contributed by atoms with Crippen LogP contribution < -0.4 is 5.32 Å². The lowest BCUT2D eigenvalue weighted by Crippen LogP contribution is -2.28. The van der Waals surface area contributed by atoms with Gasteiger partial charge < -0.3 is 5.32 Å². The summed E-state index contributed by atoms with van der Waals surface area (Å²) in [6.45, 7) is 4.26. The fourth-order valence-electron chi connectivity index (χ4n) is 0.933. The number of carbonyl (C=O) groups excluding carboxylic acids is 1. The number of aryl methyl sites for hydroxylation is 1. The Morgan fingerprint density at radius 2 is 2.36 bits per heavy atom. The van der Waals surface area contributed by atoms with E-state index in [1.54, 1.807) is 13.1 Å². The van der Waals surface area contributed by atoms with Crippen LogP contribution in [0.25, 0.3) is 0 Å². The van der Waals surface area contributed by atoms with E-state index in [2.05, 4.69) is 26.2 Å². The highest BCUT2D eigenvalue weighted by atomic mass is 79.9. The summed E-state index contributed by atoms with van der Waals surface area (Å²) in [4.78, 5) is 15.2. The van der Waals surface area contributed by atoms with Gasteiger partial charge in [0.05, 0.1) is 4.83 Å². The summed E-state index contributed by atoms with van der Waals surface area (Å²) in [6.07, 6.45) is 1.77. The second-order valence-electron chi connectivity index (χ2n) is 3.14. The molecule has 14 heavy (non-hydrogen) atoms. The van der Waals surface area contributed by atoms with Crippen molar-refractivity contribution < 1.29 is 4.79 Å². The molecule has 0 aliphatic heterocycles. The summed E-state index contributed by atoms with van der Waals surface area (Å²) in [5.74, 6) is -0.00873. The van der Waals surface area contributed by atoms with Crippen LogP contribution in [0.5, 0.6) is 0 Å². The third kappa shape index (κ3) is 3.46. The lowest BCUT2D eigenvalue weighted by Gasteiger charge is -2.06. The average molecular weight is 257 g/mol. The molecule has 0 saturated carbocycles. The van der Waals surface area contributed by atoms with Crippen molar-refractivity contribution in [2.45, 2.75) is 25.2 Å². The number of hydrogen-bond donors (Lipinski definition) is 1. The highest BCUT2D eigenvalue weighted by Crippen LogP contribution is 2.00. The number of carbonyl (C=O) groups is 1. The summed E-state index contributed by atoms with van der Waals surface area (Å²) in [5.41, 5.74) is 1.99. The molecule has 1 unspecified atom stereocenters. The molecule has 0 saturated heterocycles. The number of nitrogens with one attached hydrogen (secondary N) is 1. The molecule has 0 fully saturated rings. The number of rotatable bonds is 3. The highest BCUT2D eigenvalue weighted by Gasteiger charge is 2.07. The molecular formula is C10H13BrN2O. The minimum absolute atomic E-state index is 0.00873. The Kier molecular flexibility index (Phi) is 4.07. The van der Waals surface area contributed by atoms with Gasteiger partial charge in [-0.05, 0) is 25.5 Å². The van der Waals surface area contributed by atoms with Crippen LogP contribution in [-0.4, -0.2) is 15.7 Å². The molecular weight excluding hydrogens is 244 g/mol. The molecule has 1 atom stereocenters. The standard InChI is InChI=1S/C10H13BrN2O/c1-7-3-4-9(5-12-7)6-13-10(14)8(2)11/h3-5,8H,6H2,1-2H3,(H,13,14). The second kappa shape index (κ2) is 5.10. The van der Waals surface area contributed by atoms with Crippen LogP contribution >= 0.6 is 15.9 Å². The zero-order valence-electron chi connectivity index (χ0n) is 8.25. The first-order valence-corrected chi connectivity index (χ1v) is 5.34. The molecule has 76 valence electrons. The molecule has 1 rings (SSSR count). The molecule has 1 amide bonds. The second-order valence-corrected chi connectivity index (χ2v) is 4.52. The molecule has 0 bridgehead atoms. The lowest BCUT2D eigenvalue weighted by atomic mass is 10.2. The summed E-state index contributed by atoms with van der Waals surface area (Å²) < 4.78 is 0. The van der Waals surface area contributed by atoms with Gasteiger partial charge in [-0.2, -0.15) is 0 Å². The summed E-state index contributed by atoms with van der Waals surface area (Å²) in [7, 11) is 0. The number of nitrogens with zero attached hydrogens (tertiary/aromatic N) is 1. The maximum absolute atomic E-state index is 11.2. The molecule has 0 radical (unpaired) electrons. The van der Waals surface area contributed by atoms with Crippen molar-refractivity contribution in [1.29, 1.82) is 0 Å². The van der Waals surface area contributed by atoms with E-state index in [0.29, 0.717) is 6.54 Å². The maximum Gasteiger partial charge on any atom is 0.233 e. The van der Waals surface area contributed by atoms with Crippen LogP contribution in [0.2, 0.25) is 0 Å². The topological polar surface area (TPSA) is 42.0 Å². The van der Waals surface area contributed by atoms with E-state index in [9.17, 15) is 4.79 Å². The van der Waals surface area contributed by atoms with Crippen molar-refractivity contribution in [3.63, 3.8) is 0 Å². The van der Waals surface area contributed by atoms with Crippen molar-refractivity contribution >= 4 is 21.8 Å². The van der Waals surface area contributed by atoms with Gasteiger partial charge in [-0.3, -0.25) is 9.78 Å². The van der Waals surface area contributed by atoms with Crippen molar-refractivity contribution in [2.24, 2.45) is 0 Å². The average Bonchev–Trinajstić information content (AvgIpc) is 2.16. The van der Waals surface area contributed by atoms with E-state index >= 15 is 0 Å². The van der Waals surface area contributed by atoms with Gasteiger partial charge in [0, 0.05) is 18.4 Å². The summed E-state index contributed by atoms with van der Waals surface area (Å²) in [6, 6.07) is 3.89. The van der Waals surface area contributed by atoms with Gasteiger partial charge in [0.15, 0.2) is 0 Å². The third-order valence-corrected chi connectivity index (χ3v) is 2.22. The predicted octanol–water partition coefficient (Wildman–Crippen LogP) is 1.79. The Balaban J connectivity index is 2.46. The van der Waals surface area contributed by atoms with E-state index < -0.39 is 0 Å². The Labute approximate surface area is 92.1 Å². The molecule has 1 aromatic heterocycles. The molecule has 1 heterocycles. The monoisotopic (exact) mass is 256 g/mol. The van der Waals surface area contributed by atoms with E-state index in [1.165, 1.54) is 0 Å². The molecule has 1 aromatic rings. The van der Waals surface area contributed by atoms with Crippen LogP contribution in [0.3, 0.4) is 0 Å². The maximum atomic E-state index is 11.2. The largest absolute Gasteiger partial charge is 0.351 e. The van der Waals surface area contributed by atoms with E-state index in [-0.39, 0.29) is 10.7 Å². The van der Waals surface area contributed by atoms with Crippen molar-refractivity contribution in [3.05, 3.63) is 29.6 Å². The molecule has 0 aliphatic rings. The number of pyridine rings is 1. The van der Waals surface area contributed by atoms with Gasteiger partial charge in [0.25, 0.3) is 0 Å². The lowest BCUT2D eigenvalue weighted by molar-refractivity contribution is -0.120. The van der Waals surface area contributed by atoms with Gasteiger partial charge in [-0.1, -0.05) is 22.0 Å². The van der Waals surface area contributed by atoms with Crippen molar-refractivity contribution in [3.8, 4) is 0 Å². The smallest absolute Gasteiger partial charge is 0.233 e. The van der Waals surface area contributed by atoms with Crippen LogP contribution in [0, 0.1) is 6.92 Å². The van der Waals surface area contributed by atoms with Gasteiger partial charge in [0.1, 0.15) is 0 Å². The summed E-state index contributed by atoms with van der Waals surface area (Å²) in [5, 5.41) is 2.79. The summed E-state index contributed by atoms with van der Waals surface area (Å²) >= 11 is 3.20. The van der Waals surface area contributed by atoms with Crippen molar-refractivity contribution in [1.82, 2.24) is 10.3 Å². The molecule has 0 aromatic carbocycles. The zero-order chi connectivity index (χ0) is 10.6. The zero-order valence-corrected chi connectivity index (χ0v) is 9.84. The minimum Gasteiger partial charge on any atom is -0.351 e. The molecule has 0 spiro atoms. The predicted molar refractivity (Wildman–Crippen MR) is 59.2 cm³/mol. The van der Waals surface area contributed by atoms with Crippen LogP contribution in [-0.2, 0) is 11.3 Å². The number of aromatic nitrogens is 1. The Morgan fingerprint density at radius 1 is 1.64 bits per heavy atom. The molecule has 1 N–H and O–H groups in total. The third-order valence-electron chi connectivity index (χ3n) is 1.80. The molecule has 0 aliphatic carbocycles. The first-order valence-electron chi connectivity index (χ1n) is 4.43. The molecule has 4 heteroatoms. The van der Waals surface area contributed by atoms with Crippen LogP contribution in [0.15, 0.2) is 18.3 Å². The number of amides is 1. The SMILES string of the molecule is Cc1ccc(CNC(=O)C(C)Br)cn1. The quantitative estimate of drug-likeness (QED) is 0.839. The normalized spacial score (nSPS) is 12.2. The highest BCUT2D eigenvalue weighted by molar-refractivity contribution is 9.10. The fourth-order valence-corrected chi connectivity index (χ4v) is 1.09. The van der Waals surface area contributed by atoms with Gasteiger partial charge in [-0.25, -0.2) is 0 Å². The van der Waals surface area contributed by atoms with E-state index in [0.717, 1.165) is 11.3 Å². The number of hydrogen-bond acceptors (Lipinski definition) is 2. The van der Waals surface area contributed by atoms with Crippen LogP contribution in [0.1, 0.15) is 18.2 Å². The van der Waals surface area contributed by atoms with E-state index in [1.807, 2.05) is 19.1 Å². The van der Waals surface area contributed by atoms with E-state index in [4.69, 9.17) is 0 Å².